The fraction of sp³-hybridized carbons (Fsp3) is 0.500. The summed E-state index contributed by atoms with van der Waals surface area (Å²) < 4.78 is 4.97. The molecular formula is C10H16N4O2S. The van der Waals surface area contributed by atoms with Crippen molar-refractivity contribution in [3.8, 4) is 5.88 Å². The zero-order valence-corrected chi connectivity index (χ0v) is 10.7. The highest BCUT2D eigenvalue weighted by molar-refractivity contribution is 8.00. The van der Waals surface area contributed by atoms with E-state index in [1.807, 2.05) is 6.92 Å². The third-order valence-corrected chi connectivity index (χ3v) is 2.92. The molecule has 0 aliphatic heterocycles. The smallest absolute Gasteiger partial charge is 0.241 e. The third kappa shape index (κ3) is 4.10. The highest BCUT2D eigenvalue weighted by Gasteiger charge is 2.10. The van der Waals surface area contributed by atoms with Gasteiger partial charge in [-0.25, -0.2) is 4.98 Å². The van der Waals surface area contributed by atoms with Gasteiger partial charge < -0.3 is 15.8 Å². The number of hydrogen-bond acceptors (Lipinski definition) is 6. The van der Waals surface area contributed by atoms with E-state index in [4.69, 9.17) is 10.5 Å². The molecule has 1 aromatic heterocycles. The van der Waals surface area contributed by atoms with Gasteiger partial charge in [-0.05, 0) is 6.42 Å². The number of nitrogens with two attached hydrogens (primary N) is 1. The molecule has 0 saturated heterocycles. The first-order chi connectivity index (χ1) is 8.19. The van der Waals surface area contributed by atoms with Crippen LogP contribution in [-0.2, 0) is 4.79 Å². The third-order valence-electron chi connectivity index (χ3n) is 1.92. The zero-order valence-electron chi connectivity index (χ0n) is 9.90. The Balaban J connectivity index is 2.54. The summed E-state index contributed by atoms with van der Waals surface area (Å²) in [6.07, 6.45) is 2.28. The molecule has 6 nitrogen and oxygen atoms in total. The summed E-state index contributed by atoms with van der Waals surface area (Å²) in [6, 6.07) is 0. The van der Waals surface area contributed by atoms with E-state index >= 15 is 0 Å². The molecule has 0 radical (unpaired) electrons. The summed E-state index contributed by atoms with van der Waals surface area (Å²) in [4.78, 5) is 19.3. The second-order valence-corrected chi connectivity index (χ2v) is 4.20. The van der Waals surface area contributed by atoms with Crippen LogP contribution in [0.25, 0.3) is 0 Å². The fourth-order valence-corrected chi connectivity index (χ4v) is 1.83. The van der Waals surface area contributed by atoms with Gasteiger partial charge in [-0.15, -0.1) is 0 Å². The highest BCUT2D eigenvalue weighted by atomic mass is 32.2. The van der Waals surface area contributed by atoms with Crippen molar-refractivity contribution in [2.45, 2.75) is 18.4 Å². The number of methoxy groups -OCH3 is 1. The maximum atomic E-state index is 11.4. The lowest BCUT2D eigenvalue weighted by atomic mass is 10.5. The summed E-state index contributed by atoms with van der Waals surface area (Å²) in [5, 5.41) is 3.33. The maximum absolute atomic E-state index is 11.4. The number of nitrogens with zero attached hydrogens (tertiary/aromatic N) is 2. The first-order valence-corrected chi connectivity index (χ1v) is 6.21. The van der Waals surface area contributed by atoms with Gasteiger partial charge in [-0.2, -0.15) is 4.98 Å². The van der Waals surface area contributed by atoms with Crippen LogP contribution in [-0.4, -0.2) is 35.3 Å². The minimum atomic E-state index is -0.0335. The largest absolute Gasteiger partial charge is 0.479 e. The Bertz CT molecular complexity index is 387. The van der Waals surface area contributed by atoms with E-state index in [1.54, 1.807) is 0 Å². The molecule has 1 aromatic rings. The molecular weight excluding hydrogens is 240 g/mol. The van der Waals surface area contributed by atoms with Gasteiger partial charge in [0.1, 0.15) is 17.0 Å². The summed E-state index contributed by atoms with van der Waals surface area (Å²) in [7, 11) is 1.49. The highest BCUT2D eigenvalue weighted by Crippen LogP contribution is 2.27. The number of aromatic nitrogens is 2. The molecule has 17 heavy (non-hydrogen) atoms. The number of carbonyl (C=O) groups is 1. The van der Waals surface area contributed by atoms with Crippen LogP contribution in [0.2, 0.25) is 0 Å². The molecule has 0 unspecified atom stereocenters. The van der Waals surface area contributed by atoms with Crippen LogP contribution in [0.5, 0.6) is 5.88 Å². The van der Waals surface area contributed by atoms with E-state index in [9.17, 15) is 4.79 Å². The standard InChI is InChI=1S/C10H16N4O2S/c1-3-4-12-7(15)5-17-10-8(11)9(16-2)13-6-14-10/h6H,3-5,11H2,1-2H3,(H,12,15). The molecule has 0 aromatic carbocycles. The van der Waals surface area contributed by atoms with Crippen molar-refractivity contribution in [1.82, 2.24) is 15.3 Å². The predicted octanol–water partition coefficient (Wildman–Crippen LogP) is 0.686. The first-order valence-electron chi connectivity index (χ1n) is 5.23. The van der Waals surface area contributed by atoms with Crippen LogP contribution in [0.1, 0.15) is 13.3 Å². The number of hydrogen-bond donors (Lipinski definition) is 2. The summed E-state index contributed by atoms with van der Waals surface area (Å²) >= 11 is 1.27. The monoisotopic (exact) mass is 256 g/mol. The van der Waals surface area contributed by atoms with Gasteiger partial charge in [0.2, 0.25) is 11.8 Å². The van der Waals surface area contributed by atoms with Gasteiger partial charge >= 0.3 is 0 Å². The first kappa shape index (κ1) is 13.6. The van der Waals surface area contributed by atoms with Crippen molar-refractivity contribution in [2.75, 3.05) is 25.1 Å². The topological polar surface area (TPSA) is 90.1 Å². The average Bonchev–Trinajstić information content (AvgIpc) is 2.35. The Morgan fingerprint density at radius 1 is 1.59 bits per heavy atom. The minimum Gasteiger partial charge on any atom is -0.479 e. The summed E-state index contributed by atoms with van der Waals surface area (Å²) in [5.41, 5.74) is 6.14. The Labute approximate surface area is 104 Å². The molecule has 0 spiro atoms. The van der Waals surface area contributed by atoms with Gasteiger partial charge in [-0.1, -0.05) is 18.7 Å². The molecule has 1 amide bonds. The van der Waals surface area contributed by atoms with Crippen molar-refractivity contribution >= 4 is 23.4 Å². The second-order valence-electron chi connectivity index (χ2n) is 3.24. The second kappa shape index (κ2) is 6.95. The summed E-state index contributed by atoms with van der Waals surface area (Å²) in [5.74, 6) is 0.579. The van der Waals surface area contributed by atoms with Crippen LogP contribution >= 0.6 is 11.8 Å². The molecule has 1 rings (SSSR count). The van der Waals surface area contributed by atoms with Crippen molar-refractivity contribution in [3.05, 3.63) is 6.33 Å². The molecule has 94 valence electrons. The minimum absolute atomic E-state index is 0.0335. The number of ether oxygens (including phenoxy) is 1. The molecule has 3 N–H and O–H groups in total. The molecule has 0 fully saturated rings. The number of nitrogen functional groups attached to an aromatic ring is 1. The number of nitrogens with one attached hydrogen (secondary N) is 1. The SMILES string of the molecule is CCCNC(=O)CSc1ncnc(OC)c1N. The Hall–Kier alpha value is -1.50. The van der Waals surface area contributed by atoms with Crippen molar-refractivity contribution in [2.24, 2.45) is 0 Å². The molecule has 7 heteroatoms. The molecule has 0 atom stereocenters. The van der Waals surface area contributed by atoms with Crippen LogP contribution in [0, 0.1) is 0 Å². The van der Waals surface area contributed by atoms with Crippen molar-refractivity contribution in [3.63, 3.8) is 0 Å². The molecule has 0 bridgehead atoms. The number of anilines is 1. The van der Waals surface area contributed by atoms with Gasteiger partial charge in [0, 0.05) is 6.54 Å². The lowest BCUT2D eigenvalue weighted by Gasteiger charge is -2.07. The van der Waals surface area contributed by atoms with Crippen molar-refractivity contribution in [1.29, 1.82) is 0 Å². The Morgan fingerprint density at radius 2 is 2.35 bits per heavy atom. The van der Waals surface area contributed by atoms with E-state index in [-0.39, 0.29) is 11.7 Å². The molecule has 0 aliphatic carbocycles. The van der Waals surface area contributed by atoms with Crippen LogP contribution < -0.4 is 15.8 Å². The number of carbonyl (C=O) groups excluding carboxylic acids is 1. The number of thioether (sulfide) groups is 1. The Morgan fingerprint density at radius 3 is 3.00 bits per heavy atom. The zero-order chi connectivity index (χ0) is 12.7. The maximum Gasteiger partial charge on any atom is 0.241 e. The van der Waals surface area contributed by atoms with Gasteiger partial charge in [-0.3, -0.25) is 4.79 Å². The average molecular weight is 256 g/mol. The van der Waals surface area contributed by atoms with E-state index in [1.165, 1.54) is 25.2 Å². The van der Waals surface area contributed by atoms with Crippen LogP contribution in [0.15, 0.2) is 11.4 Å². The lowest BCUT2D eigenvalue weighted by Crippen LogP contribution is -2.25. The van der Waals surface area contributed by atoms with E-state index in [2.05, 4.69) is 15.3 Å². The normalized spacial score (nSPS) is 10.0. The van der Waals surface area contributed by atoms with E-state index < -0.39 is 0 Å². The molecule has 0 saturated carbocycles. The van der Waals surface area contributed by atoms with Gasteiger partial charge in [0.05, 0.1) is 12.9 Å². The fourth-order valence-electron chi connectivity index (χ4n) is 1.09. The number of amides is 1. The Kier molecular flexibility index (Phi) is 5.55. The lowest BCUT2D eigenvalue weighted by molar-refractivity contribution is -0.118. The van der Waals surface area contributed by atoms with E-state index in [0.29, 0.717) is 23.1 Å². The van der Waals surface area contributed by atoms with Gasteiger partial charge in [0.25, 0.3) is 0 Å². The summed E-state index contributed by atoms with van der Waals surface area (Å²) in [6.45, 7) is 2.68. The van der Waals surface area contributed by atoms with E-state index in [0.717, 1.165) is 6.42 Å². The van der Waals surface area contributed by atoms with Gasteiger partial charge in [0.15, 0.2) is 0 Å². The number of rotatable bonds is 6. The van der Waals surface area contributed by atoms with Crippen LogP contribution in [0.4, 0.5) is 5.69 Å². The van der Waals surface area contributed by atoms with Crippen LogP contribution in [0.3, 0.4) is 0 Å². The van der Waals surface area contributed by atoms with Crippen molar-refractivity contribution < 1.29 is 9.53 Å². The quantitative estimate of drug-likeness (QED) is 0.575. The predicted molar refractivity (Wildman–Crippen MR) is 67.0 cm³/mol. The molecule has 1 heterocycles. The molecule has 0 aliphatic rings.